The number of ether oxygens (including phenoxy) is 2. The first-order valence-corrected chi connectivity index (χ1v) is 10.4. The summed E-state index contributed by atoms with van der Waals surface area (Å²) in [6.45, 7) is 0.235. The minimum Gasteiger partial charge on any atom is -0.493 e. The summed E-state index contributed by atoms with van der Waals surface area (Å²) in [5, 5.41) is 0. The summed E-state index contributed by atoms with van der Waals surface area (Å²) in [6, 6.07) is 14.0. The molecule has 0 aliphatic carbocycles. The number of nitrogens with zero attached hydrogens (tertiary/aromatic N) is 1. The Labute approximate surface area is 175 Å². The minimum atomic E-state index is -0.537. The van der Waals surface area contributed by atoms with Gasteiger partial charge in [0.15, 0.2) is 17.3 Å². The first-order chi connectivity index (χ1) is 14.6. The van der Waals surface area contributed by atoms with Crippen molar-refractivity contribution in [1.29, 1.82) is 0 Å². The van der Waals surface area contributed by atoms with Gasteiger partial charge in [0.05, 0.1) is 12.7 Å². The predicted molar refractivity (Wildman–Crippen MR) is 110 cm³/mol. The molecular weight excluding hydrogens is 385 g/mol. The van der Waals surface area contributed by atoms with Crippen LogP contribution >= 0.6 is 0 Å². The zero-order valence-electron chi connectivity index (χ0n) is 17.1. The van der Waals surface area contributed by atoms with Gasteiger partial charge in [0.2, 0.25) is 0 Å². The van der Waals surface area contributed by atoms with E-state index < -0.39 is 5.82 Å². The number of fused-ring (bicyclic) bond motifs is 2. The number of methoxy groups -OCH3 is 1. The van der Waals surface area contributed by atoms with Crippen LogP contribution in [0.1, 0.15) is 48.0 Å². The number of piperidine rings is 2. The highest BCUT2D eigenvalue weighted by Gasteiger charge is 2.44. The van der Waals surface area contributed by atoms with Gasteiger partial charge < -0.3 is 14.4 Å². The molecule has 2 bridgehead atoms. The van der Waals surface area contributed by atoms with Crippen LogP contribution in [0.4, 0.5) is 9.18 Å². The van der Waals surface area contributed by atoms with E-state index in [1.165, 1.54) is 19.2 Å². The molecule has 5 nitrogen and oxygen atoms in total. The predicted octanol–water partition coefficient (Wildman–Crippen LogP) is 4.99. The second-order valence-corrected chi connectivity index (χ2v) is 8.04. The van der Waals surface area contributed by atoms with Gasteiger partial charge in [-0.05, 0) is 49.8 Å². The number of para-hydroxylation sites is 1. The van der Waals surface area contributed by atoms with Crippen LogP contribution in [0.25, 0.3) is 0 Å². The Balaban J connectivity index is 1.46. The number of carbonyl (C=O) groups excluding carboxylic acids is 2. The molecule has 158 valence electrons. The molecule has 2 unspecified atom stereocenters. The first-order valence-electron chi connectivity index (χ1n) is 10.4. The van der Waals surface area contributed by atoms with E-state index in [0.717, 1.165) is 24.8 Å². The van der Waals surface area contributed by atoms with Gasteiger partial charge in [-0.2, -0.15) is 0 Å². The summed E-state index contributed by atoms with van der Waals surface area (Å²) in [5.74, 6) is -0.905. The normalized spacial score (nSPS) is 23.0. The molecule has 2 aliphatic rings. The Kier molecular flexibility index (Phi) is 6.02. The Morgan fingerprint density at radius 3 is 2.40 bits per heavy atom. The second kappa shape index (κ2) is 8.86. The lowest BCUT2D eigenvalue weighted by Gasteiger charge is -2.47. The van der Waals surface area contributed by atoms with Crippen LogP contribution in [-0.4, -0.2) is 36.0 Å². The van der Waals surface area contributed by atoms with Crippen LogP contribution in [0.15, 0.2) is 48.5 Å². The molecule has 2 atom stereocenters. The number of hydrogen-bond acceptors (Lipinski definition) is 4. The van der Waals surface area contributed by atoms with Crippen LogP contribution < -0.4 is 4.74 Å². The van der Waals surface area contributed by atoms with E-state index in [2.05, 4.69) is 0 Å². The largest absolute Gasteiger partial charge is 0.493 e. The van der Waals surface area contributed by atoms with Gasteiger partial charge in [0.1, 0.15) is 6.61 Å². The van der Waals surface area contributed by atoms with Crippen LogP contribution in [0, 0.1) is 11.7 Å². The average molecular weight is 411 g/mol. The standard InChI is InChI=1S/C24H26FNO4/c1-29-23-20(11-6-12-21(23)25)22(27)17-13-18-9-5-10-19(14-17)26(18)24(28)30-15-16-7-3-2-4-8-16/h2-4,6-8,11-12,17-19H,5,9-10,13-15H2,1H3. The summed E-state index contributed by atoms with van der Waals surface area (Å²) in [7, 11) is 1.37. The molecule has 2 aliphatic heterocycles. The Morgan fingerprint density at radius 2 is 1.73 bits per heavy atom. The van der Waals surface area contributed by atoms with Crippen molar-refractivity contribution >= 4 is 11.9 Å². The maximum Gasteiger partial charge on any atom is 0.410 e. The number of rotatable bonds is 5. The minimum absolute atomic E-state index is 0.00244. The van der Waals surface area contributed by atoms with E-state index in [0.29, 0.717) is 12.8 Å². The fourth-order valence-corrected chi connectivity index (χ4v) is 4.82. The van der Waals surface area contributed by atoms with Crippen LogP contribution in [0.3, 0.4) is 0 Å². The molecule has 30 heavy (non-hydrogen) atoms. The van der Waals surface area contributed by atoms with E-state index >= 15 is 0 Å². The van der Waals surface area contributed by atoms with Gasteiger partial charge in [-0.1, -0.05) is 36.4 Å². The van der Waals surface area contributed by atoms with Crippen molar-refractivity contribution in [2.45, 2.75) is 50.8 Å². The number of hydrogen-bond donors (Lipinski definition) is 0. The van der Waals surface area contributed by atoms with Gasteiger partial charge in [0, 0.05) is 18.0 Å². The summed E-state index contributed by atoms with van der Waals surface area (Å²) >= 11 is 0. The molecule has 1 amide bonds. The van der Waals surface area contributed by atoms with Crippen molar-refractivity contribution in [2.24, 2.45) is 5.92 Å². The smallest absolute Gasteiger partial charge is 0.410 e. The lowest BCUT2D eigenvalue weighted by Crippen LogP contribution is -2.55. The number of Topliss-reactive ketones (excluding diaryl/α,β-unsaturated/α-hetero) is 1. The van der Waals surface area contributed by atoms with E-state index in [1.807, 2.05) is 35.2 Å². The molecule has 0 aromatic heterocycles. The maximum atomic E-state index is 14.1. The third kappa shape index (κ3) is 4.04. The quantitative estimate of drug-likeness (QED) is 0.651. The van der Waals surface area contributed by atoms with E-state index in [-0.39, 0.29) is 47.8 Å². The lowest BCUT2D eigenvalue weighted by atomic mass is 9.75. The highest BCUT2D eigenvalue weighted by Crippen LogP contribution is 2.40. The van der Waals surface area contributed by atoms with Gasteiger partial charge in [-0.15, -0.1) is 0 Å². The van der Waals surface area contributed by atoms with E-state index in [1.54, 1.807) is 6.07 Å². The number of carbonyl (C=O) groups is 2. The third-order valence-electron chi connectivity index (χ3n) is 6.20. The molecule has 0 spiro atoms. The van der Waals surface area contributed by atoms with Crippen LogP contribution in [0.5, 0.6) is 5.75 Å². The molecule has 0 N–H and O–H groups in total. The Hall–Kier alpha value is -2.89. The molecule has 0 saturated carbocycles. The van der Waals surface area contributed by atoms with Gasteiger partial charge in [-0.3, -0.25) is 4.79 Å². The SMILES string of the molecule is COc1c(F)cccc1C(=O)C1CC2CCCC(C1)N2C(=O)OCc1ccccc1. The molecule has 2 heterocycles. The van der Waals surface area contributed by atoms with E-state index in [9.17, 15) is 14.0 Å². The fraction of sp³-hybridized carbons (Fsp3) is 0.417. The van der Waals surface area contributed by atoms with Crippen LogP contribution in [-0.2, 0) is 11.3 Å². The van der Waals surface area contributed by atoms with Crippen molar-refractivity contribution in [3.05, 3.63) is 65.5 Å². The summed E-state index contributed by atoms with van der Waals surface area (Å²) in [4.78, 5) is 27.8. The summed E-state index contributed by atoms with van der Waals surface area (Å²) in [6.07, 6.45) is 3.54. The molecule has 2 fully saturated rings. The molecule has 4 rings (SSSR count). The molecule has 0 radical (unpaired) electrons. The van der Waals surface area contributed by atoms with Crippen molar-refractivity contribution in [2.75, 3.05) is 7.11 Å². The highest BCUT2D eigenvalue weighted by atomic mass is 19.1. The lowest BCUT2D eigenvalue weighted by molar-refractivity contribution is 0.00466. The third-order valence-corrected chi connectivity index (χ3v) is 6.20. The fourth-order valence-electron chi connectivity index (χ4n) is 4.82. The first kappa shape index (κ1) is 20.4. The topological polar surface area (TPSA) is 55.8 Å². The van der Waals surface area contributed by atoms with Crippen molar-refractivity contribution < 1.29 is 23.5 Å². The molecule has 6 heteroatoms. The molecule has 2 aromatic carbocycles. The average Bonchev–Trinajstić information content (AvgIpc) is 2.76. The van der Waals surface area contributed by atoms with Gasteiger partial charge >= 0.3 is 6.09 Å². The Bertz CT molecular complexity index is 903. The molecular formula is C24H26FNO4. The number of benzene rings is 2. The highest BCUT2D eigenvalue weighted by molar-refractivity contribution is 6.00. The number of halogens is 1. The van der Waals surface area contributed by atoms with Crippen LogP contribution in [0.2, 0.25) is 0 Å². The maximum absolute atomic E-state index is 14.1. The second-order valence-electron chi connectivity index (χ2n) is 8.04. The van der Waals surface area contributed by atoms with Crippen molar-refractivity contribution in [3.8, 4) is 5.75 Å². The zero-order valence-corrected chi connectivity index (χ0v) is 17.1. The number of ketones is 1. The Morgan fingerprint density at radius 1 is 1.03 bits per heavy atom. The number of amides is 1. The molecule has 2 aromatic rings. The summed E-state index contributed by atoms with van der Waals surface area (Å²) < 4.78 is 24.8. The summed E-state index contributed by atoms with van der Waals surface area (Å²) in [5.41, 5.74) is 1.22. The van der Waals surface area contributed by atoms with Crippen molar-refractivity contribution in [3.63, 3.8) is 0 Å². The van der Waals surface area contributed by atoms with E-state index in [4.69, 9.17) is 9.47 Å². The van der Waals surface area contributed by atoms with Gasteiger partial charge in [0.25, 0.3) is 0 Å². The van der Waals surface area contributed by atoms with Gasteiger partial charge in [-0.25, -0.2) is 9.18 Å². The zero-order chi connectivity index (χ0) is 21.1. The monoisotopic (exact) mass is 411 g/mol. The van der Waals surface area contributed by atoms with Crippen molar-refractivity contribution in [1.82, 2.24) is 4.90 Å². The molecule has 2 saturated heterocycles.